The molecule has 1 amide bonds. The first kappa shape index (κ1) is 19.8. The Kier molecular flexibility index (Phi) is 6.03. The van der Waals surface area contributed by atoms with Gasteiger partial charge >= 0.3 is 0 Å². The lowest BCUT2D eigenvalue weighted by molar-refractivity contribution is 0.103. The van der Waals surface area contributed by atoms with Gasteiger partial charge in [-0.25, -0.2) is 4.39 Å². The van der Waals surface area contributed by atoms with Gasteiger partial charge in [-0.3, -0.25) is 10.1 Å². The van der Waals surface area contributed by atoms with Crippen molar-refractivity contribution >= 4 is 45.5 Å². The third-order valence-electron chi connectivity index (χ3n) is 4.14. The number of nitrogens with zero attached hydrogens (tertiary/aromatic N) is 2. The molecule has 2 heterocycles. The van der Waals surface area contributed by atoms with Crippen molar-refractivity contribution in [1.82, 2.24) is 10.2 Å². The molecule has 0 aliphatic rings. The maximum Gasteiger partial charge on any atom is 0.268 e. The molecule has 2 aromatic heterocycles. The van der Waals surface area contributed by atoms with Crippen molar-refractivity contribution in [2.24, 2.45) is 0 Å². The van der Waals surface area contributed by atoms with Crippen LogP contribution in [-0.4, -0.2) is 16.1 Å². The maximum absolute atomic E-state index is 13.0. The molecule has 0 unspecified atom stereocenters. The van der Waals surface area contributed by atoms with Crippen LogP contribution in [0.1, 0.15) is 20.8 Å². The normalized spacial score (nSPS) is 10.8. The van der Waals surface area contributed by atoms with Gasteiger partial charge in [0, 0.05) is 11.3 Å². The molecular formula is C21H16FN3OS3. The van der Waals surface area contributed by atoms with Crippen molar-refractivity contribution in [3.05, 3.63) is 81.8 Å². The molecule has 0 spiro atoms. The summed E-state index contributed by atoms with van der Waals surface area (Å²) < 4.78 is 13.7. The Morgan fingerprint density at radius 2 is 1.83 bits per heavy atom. The number of aromatic nitrogens is 2. The van der Waals surface area contributed by atoms with Crippen LogP contribution in [0.25, 0.3) is 11.1 Å². The summed E-state index contributed by atoms with van der Waals surface area (Å²) in [4.78, 5) is 13.4. The van der Waals surface area contributed by atoms with E-state index in [0.29, 0.717) is 15.8 Å². The number of hydrogen-bond acceptors (Lipinski definition) is 6. The number of benzene rings is 2. The summed E-state index contributed by atoms with van der Waals surface area (Å²) in [5.74, 6) is 0.214. The number of nitrogens with one attached hydrogen (secondary N) is 1. The number of carbonyl (C=O) groups is 1. The predicted octanol–water partition coefficient (Wildman–Crippen LogP) is 6.26. The van der Waals surface area contributed by atoms with Crippen molar-refractivity contribution in [1.29, 1.82) is 0 Å². The number of anilines is 1. The van der Waals surface area contributed by atoms with E-state index in [1.54, 1.807) is 12.1 Å². The maximum atomic E-state index is 13.0. The molecule has 4 rings (SSSR count). The van der Waals surface area contributed by atoms with Crippen LogP contribution in [0, 0.1) is 12.7 Å². The van der Waals surface area contributed by atoms with Crippen molar-refractivity contribution in [3.8, 4) is 11.1 Å². The fraction of sp³-hybridized carbons (Fsp3) is 0.0952. The zero-order valence-corrected chi connectivity index (χ0v) is 17.8. The molecule has 146 valence electrons. The first-order valence-electron chi connectivity index (χ1n) is 8.75. The van der Waals surface area contributed by atoms with Gasteiger partial charge in [0.2, 0.25) is 5.13 Å². The van der Waals surface area contributed by atoms with E-state index in [4.69, 9.17) is 0 Å². The average Bonchev–Trinajstić information content (AvgIpc) is 3.38. The van der Waals surface area contributed by atoms with E-state index in [1.165, 1.54) is 52.1 Å². The molecule has 0 aliphatic carbocycles. The number of hydrogen-bond donors (Lipinski definition) is 1. The fourth-order valence-corrected chi connectivity index (χ4v) is 5.16. The Morgan fingerprint density at radius 3 is 2.59 bits per heavy atom. The van der Waals surface area contributed by atoms with Gasteiger partial charge in [-0.1, -0.05) is 65.1 Å². The van der Waals surface area contributed by atoms with Gasteiger partial charge in [-0.15, -0.1) is 21.5 Å². The monoisotopic (exact) mass is 441 g/mol. The lowest BCUT2D eigenvalue weighted by Gasteiger charge is -2.04. The first-order chi connectivity index (χ1) is 14.1. The van der Waals surface area contributed by atoms with Crippen LogP contribution in [0.4, 0.5) is 9.52 Å². The van der Waals surface area contributed by atoms with Crippen LogP contribution in [0.3, 0.4) is 0 Å². The number of aryl methyl sites for hydroxylation is 1. The third kappa shape index (κ3) is 4.90. The largest absolute Gasteiger partial charge is 0.296 e. The van der Waals surface area contributed by atoms with Crippen LogP contribution in [0.5, 0.6) is 0 Å². The zero-order chi connectivity index (χ0) is 20.2. The van der Waals surface area contributed by atoms with Crippen molar-refractivity contribution in [2.45, 2.75) is 17.0 Å². The van der Waals surface area contributed by atoms with Crippen LogP contribution in [-0.2, 0) is 5.75 Å². The molecule has 0 bridgehead atoms. The number of rotatable bonds is 6. The number of amides is 1. The number of thioether (sulfide) groups is 1. The Bertz CT molecular complexity index is 1120. The van der Waals surface area contributed by atoms with Gasteiger partial charge in [0.05, 0.1) is 0 Å². The summed E-state index contributed by atoms with van der Waals surface area (Å²) >= 11 is 4.22. The molecule has 0 aliphatic heterocycles. The minimum absolute atomic E-state index is 0.193. The van der Waals surface area contributed by atoms with Crippen molar-refractivity contribution in [3.63, 3.8) is 0 Å². The third-order valence-corrected chi connectivity index (χ3v) is 7.09. The van der Waals surface area contributed by atoms with E-state index < -0.39 is 0 Å². The van der Waals surface area contributed by atoms with Crippen LogP contribution < -0.4 is 5.32 Å². The smallest absolute Gasteiger partial charge is 0.268 e. The topological polar surface area (TPSA) is 54.9 Å². The molecule has 0 atom stereocenters. The van der Waals surface area contributed by atoms with E-state index in [0.717, 1.165) is 21.0 Å². The second kappa shape index (κ2) is 8.86. The summed E-state index contributed by atoms with van der Waals surface area (Å²) in [6.07, 6.45) is 0. The number of carbonyl (C=O) groups excluding carboxylic acids is 1. The van der Waals surface area contributed by atoms with Crippen molar-refractivity contribution < 1.29 is 9.18 Å². The van der Waals surface area contributed by atoms with Gasteiger partial charge in [-0.05, 0) is 41.6 Å². The summed E-state index contributed by atoms with van der Waals surface area (Å²) in [6, 6.07) is 16.4. The highest BCUT2D eigenvalue weighted by Gasteiger charge is 2.17. The SMILES string of the molecule is Cc1ccc(-c2ccsc2C(=O)Nc2nnc(SCc3ccc(F)cc3)s2)cc1. The standard InChI is InChI=1S/C21H16FN3OS3/c1-13-2-6-15(7-3-13)17-10-11-27-18(17)19(26)23-20-24-25-21(29-20)28-12-14-4-8-16(22)9-5-14/h2-11H,12H2,1H3,(H,23,24,26). The van der Waals surface area contributed by atoms with Gasteiger partial charge in [-0.2, -0.15) is 0 Å². The van der Waals surface area contributed by atoms with E-state index >= 15 is 0 Å². The van der Waals surface area contributed by atoms with E-state index in [2.05, 4.69) is 15.5 Å². The van der Waals surface area contributed by atoms with Gasteiger partial charge in [0.1, 0.15) is 10.7 Å². The molecule has 8 heteroatoms. The van der Waals surface area contributed by atoms with E-state index in [-0.39, 0.29) is 11.7 Å². The second-order valence-corrected chi connectivity index (χ2v) is 9.39. The zero-order valence-electron chi connectivity index (χ0n) is 15.4. The summed E-state index contributed by atoms with van der Waals surface area (Å²) in [7, 11) is 0. The van der Waals surface area contributed by atoms with Gasteiger partial charge < -0.3 is 0 Å². The average molecular weight is 442 g/mol. The summed E-state index contributed by atoms with van der Waals surface area (Å²) in [6.45, 7) is 2.03. The predicted molar refractivity (Wildman–Crippen MR) is 118 cm³/mol. The quantitative estimate of drug-likeness (QED) is 0.283. The highest BCUT2D eigenvalue weighted by Crippen LogP contribution is 2.31. The van der Waals surface area contributed by atoms with E-state index in [9.17, 15) is 9.18 Å². The van der Waals surface area contributed by atoms with Gasteiger partial charge in [0.15, 0.2) is 4.34 Å². The first-order valence-corrected chi connectivity index (χ1v) is 11.4. The number of halogens is 1. The molecular weight excluding hydrogens is 425 g/mol. The molecule has 1 N–H and O–H groups in total. The summed E-state index contributed by atoms with van der Waals surface area (Å²) in [5, 5.41) is 13.4. The molecule has 4 aromatic rings. The molecule has 0 fully saturated rings. The Hall–Kier alpha value is -2.55. The molecule has 0 saturated carbocycles. The highest BCUT2D eigenvalue weighted by molar-refractivity contribution is 8.00. The minimum Gasteiger partial charge on any atom is -0.296 e. The molecule has 29 heavy (non-hydrogen) atoms. The fourth-order valence-electron chi connectivity index (χ4n) is 2.64. The Balaban J connectivity index is 1.41. The number of thiophene rings is 1. The van der Waals surface area contributed by atoms with Crippen molar-refractivity contribution in [2.75, 3.05) is 5.32 Å². The summed E-state index contributed by atoms with van der Waals surface area (Å²) in [5.41, 5.74) is 4.09. The molecule has 2 aromatic carbocycles. The lowest BCUT2D eigenvalue weighted by atomic mass is 10.0. The van der Waals surface area contributed by atoms with E-state index in [1.807, 2.05) is 42.6 Å². The van der Waals surface area contributed by atoms with Crippen LogP contribution in [0.2, 0.25) is 0 Å². The highest BCUT2D eigenvalue weighted by atomic mass is 32.2. The molecule has 0 radical (unpaired) electrons. The molecule has 4 nitrogen and oxygen atoms in total. The lowest BCUT2D eigenvalue weighted by Crippen LogP contribution is -2.11. The second-order valence-electron chi connectivity index (χ2n) is 6.27. The molecule has 0 saturated heterocycles. The Morgan fingerprint density at radius 1 is 1.07 bits per heavy atom. The van der Waals surface area contributed by atoms with Crippen LogP contribution in [0.15, 0.2) is 64.3 Å². The van der Waals surface area contributed by atoms with Gasteiger partial charge in [0.25, 0.3) is 5.91 Å². The Labute approximate surface area is 179 Å². The minimum atomic E-state index is -0.252. The van der Waals surface area contributed by atoms with Crippen LogP contribution >= 0.6 is 34.4 Å².